The number of alkyl halides is 3. The minimum Gasteiger partial charge on any atom is -0.396 e. The molecule has 142 valence electrons. The lowest BCUT2D eigenvalue weighted by Crippen LogP contribution is -2.45. The second-order valence-corrected chi connectivity index (χ2v) is 6.24. The Morgan fingerprint density at radius 3 is 2.30 bits per heavy atom. The fraction of sp³-hybridized carbons (Fsp3) is 0.263. The van der Waals surface area contributed by atoms with Gasteiger partial charge in [0.2, 0.25) is 5.91 Å². The molecule has 8 heteroatoms. The number of rotatable bonds is 3. The van der Waals surface area contributed by atoms with Crippen LogP contribution in [0.15, 0.2) is 42.5 Å². The van der Waals surface area contributed by atoms with Gasteiger partial charge in [0, 0.05) is 13.7 Å². The van der Waals surface area contributed by atoms with Gasteiger partial charge in [-0.2, -0.15) is 13.2 Å². The summed E-state index contributed by atoms with van der Waals surface area (Å²) in [5, 5.41) is 11.7. The highest BCUT2D eigenvalue weighted by molar-refractivity contribution is 6.11. The smallest absolute Gasteiger partial charge is 0.396 e. The largest absolute Gasteiger partial charge is 0.416 e. The predicted molar refractivity (Wildman–Crippen MR) is 93.2 cm³/mol. The maximum Gasteiger partial charge on any atom is 0.416 e. The van der Waals surface area contributed by atoms with Crippen LogP contribution in [-0.2, 0) is 11.0 Å². The maximum absolute atomic E-state index is 12.7. The van der Waals surface area contributed by atoms with Crippen molar-refractivity contribution in [2.75, 3.05) is 18.6 Å². The number of aliphatic hydroxyl groups is 1. The zero-order valence-electron chi connectivity index (χ0n) is 14.4. The zero-order chi connectivity index (χ0) is 19.8. The third kappa shape index (κ3) is 3.66. The van der Waals surface area contributed by atoms with Crippen LogP contribution >= 0.6 is 0 Å². The molecular weight excluding hydrogens is 361 g/mol. The fourth-order valence-electron chi connectivity index (χ4n) is 3.02. The molecule has 0 saturated carbocycles. The molecular formula is C19H17F3N2O3. The van der Waals surface area contributed by atoms with E-state index in [1.165, 1.54) is 24.1 Å². The summed E-state index contributed by atoms with van der Waals surface area (Å²) in [6.45, 7) is -0.252. The van der Waals surface area contributed by atoms with E-state index in [4.69, 9.17) is 5.11 Å². The van der Waals surface area contributed by atoms with Gasteiger partial charge < -0.3 is 15.3 Å². The Morgan fingerprint density at radius 1 is 1.07 bits per heavy atom. The Hall–Kier alpha value is -2.87. The number of likely N-dealkylation sites (N-methyl/N-ethyl adjacent to an activating group) is 1. The molecule has 1 atom stereocenters. The van der Waals surface area contributed by atoms with Crippen molar-refractivity contribution in [2.24, 2.45) is 0 Å². The van der Waals surface area contributed by atoms with E-state index in [0.29, 0.717) is 16.8 Å². The van der Waals surface area contributed by atoms with Crippen LogP contribution in [0.1, 0.15) is 22.3 Å². The second-order valence-electron chi connectivity index (χ2n) is 6.24. The molecule has 0 saturated heterocycles. The molecule has 2 amide bonds. The van der Waals surface area contributed by atoms with Crippen LogP contribution < -0.4 is 10.2 Å². The van der Waals surface area contributed by atoms with E-state index in [1.807, 2.05) is 0 Å². The molecule has 5 nitrogen and oxygen atoms in total. The van der Waals surface area contributed by atoms with Crippen LogP contribution in [0.2, 0.25) is 0 Å². The molecule has 1 aliphatic rings. The van der Waals surface area contributed by atoms with Crippen molar-refractivity contribution in [1.29, 1.82) is 0 Å². The number of aliphatic hydroxyl groups excluding tert-OH is 1. The van der Waals surface area contributed by atoms with E-state index in [-0.39, 0.29) is 24.5 Å². The SMILES string of the molecule is CN1C(=O)[C@H](CCO)NC(=O)c2cc(-c3ccc(C(F)(F)F)cc3)ccc21. The lowest BCUT2D eigenvalue weighted by Gasteiger charge is -2.20. The van der Waals surface area contributed by atoms with Gasteiger partial charge in [-0.1, -0.05) is 18.2 Å². The van der Waals surface area contributed by atoms with Crippen LogP contribution in [0.5, 0.6) is 0 Å². The summed E-state index contributed by atoms with van der Waals surface area (Å²) in [5.74, 6) is -0.826. The predicted octanol–water partition coefficient (Wildman–Crippen LogP) is 2.83. The first-order valence-electron chi connectivity index (χ1n) is 8.23. The number of nitrogens with zero attached hydrogens (tertiary/aromatic N) is 1. The van der Waals surface area contributed by atoms with Crippen molar-refractivity contribution in [2.45, 2.75) is 18.6 Å². The van der Waals surface area contributed by atoms with E-state index in [9.17, 15) is 22.8 Å². The number of hydrogen-bond donors (Lipinski definition) is 2. The summed E-state index contributed by atoms with van der Waals surface area (Å²) in [6, 6.07) is 8.56. The fourth-order valence-corrected chi connectivity index (χ4v) is 3.02. The van der Waals surface area contributed by atoms with Gasteiger partial charge in [-0.25, -0.2) is 0 Å². The highest BCUT2D eigenvalue weighted by Crippen LogP contribution is 2.33. The normalized spacial score (nSPS) is 17.4. The Morgan fingerprint density at radius 2 is 1.70 bits per heavy atom. The van der Waals surface area contributed by atoms with Gasteiger partial charge in [-0.3, -0.25) is 9.59 Å². The number of fused-ring (bicyclic) bond motifs is 1. The average molecular weight is 378 g/mol. The Labute approximate surface area is 153 Å². The summed E-state index contributed by atoms with van der Waals surface area (Å²) in [6.07, 6.45) is -4.33. The lowest BCUT2D eigenvalue weighted by atomic mass is 10.00. The van der Waals surface area contributed by atoms with E-state index in [0.717, 1.165) is 12.1 Å². The van der Waals surface area contributed by atoms with Gasteiger partial charge in [0.15, 0.2) is 0 Å². The Bertz CT molecular complexity index is 879. The number of carbonyl (C=O) groups is 2. The third-order valence-corrected chi connectivity index (χ3v) is 4.50. The molecule has 2 N–H and O–H groups in total. The van der Waals surface area contributed by atoms with Crippen molar-refractivity contribution in [3.05, 3.63) is 53.6 Å². The summed E-state index contributed by atoms with van der Waals surface area (Å²) in [7, 11) is 1.53. The van der Waals surface area contributed by atoms with Gasteiger partial charge >= 0.3 is 6.18 Å². The minimum absolute atomic E-state index is 0.0919. The van der Waals surface area contributed by atoms with Crippen molar-refractivity contribution in [3.63, 3.8) is 0 Å². The minimum atomic E-state index is -4.42. The van der Waals surface area contributed by atoms with E-state index in [2.05, 4.69) is 5.32 Å². The molecule has 1 heterocycles. The second kappa shape index (κ2) is 7.03. The van der Waals surface area contributed by atoms with Crippen LogP contribution in [0.4, 0.5) is 18.9 Å². The lowest BCUT2D eigenvalue weighted by molar-refractivity contribution is -0.137. The molecule has 0 radical (unpaired) electrons. The van der Waals surface area contributed by atoms with Crippen molar-refractivity contribution < 1.29 is 27.9 Å². The van der Waals surface area contributed by atoms with E-state index >= 15 is 0 Å². The summed E-state index contributed by atoms with van der Waals surface area (Å²) >= 11 is 0. The molecule has 2 aromatic carbocycles. The monoisotopic (exact) mass is 378 g/mol. The van der Waals surface area contributed by atoms with Crippen molar-refractivity contribution in [3.8, 4) is 11.1 Å². The van der Waals surface area contributed by atoms with Crippen molar-refractivity contribution >= 4 is 17.5 Å². The zero-order valence-corrected chi connectivity index (χ0v) is 14.4. The summed E-state index contributed by atoms with van der Waals surface area (Å²) < 4.78 is 38.1. The highest BCUT2D eigenvalue weighted by Gasteiger charge is 2.32. The van der Waals surface area contributed by atoms with Gasteiger partial charge in [0.05, 0.1) is 16.8 Å². The first-order chi connectivity index (χ1) is 12.7. The van der Waals surface area contributed by atoms with Crippen LogP contribution in [-0.4, -0.2) is 36.6 Å². The first-order valence-corrected chi connectivity index (χ1v) is 8.23. The molecule has 2 aromatic rings. The number of hydrogen-bond acceptors (Lipinski definition) is 3. The van der Waals surface area contributed by atoms with Crippen LogP contribution in [0, 0.1) is 0 Å². The molecule has 0 bridgehead atoms. The Balaban J connectivity index is 1.99. The number of benzene rings is 2. The van der Waals surface area contributed by atoms with E-state index < -0.39 is 23.7 Å². The molecule has 0 aromatic heterocycles. The van der Waals surface area contributed by atoms with Gasteiger partial charge in [-0.15, -0.1) is 0 Å². The number of anilines is 1. The summed E-state index contributed by atoms with van der Waals surface area (Å²) in [4.78, 5) is 26.3. The van der Waals surface area contributed by atoms with Gasteiger partial charge in [-0.05, 0) is 41.8 Å². The topological polar surface area (TPSA) is 69.6 Å². The van der Waals surface area contributed by atoms with Crippen LogP contribution in [0.3, 0.4) is 0 Å². The quantitative estimate of drug-likeness (QED) is 0.863. The van der Waals surface area contributed by atoms with E-state index in [1.54, 1.807) is 18.2 Å². The Kier molecular flexibility index (Phi) is 4.93. The highest BCUT2D eigenvalue weighted by atomic mass is 19.4. The molecule has 1 aliphatic heterocycles. The van der Waals surface area contributed by atoms with Gasteiger partial charge in [0.1, 0.15) is 6.04 Å². The molecule has 0 spiro atoms. The molecule has 27 heavy (non-hydrogen) atoms. The first kappa shape index (κ1) is 18.9. The molecule has 0 fully saturated rings. The van der Waals surface area contributed by atoms with Gasteiger partial charge in [0.25, 0.3) is 5.91 Å². The molecule has 0 aliphatic carbocycles. The number of carbonyl (C=O) groups excluding carboxylic acids is 2. The van der Waals surface area contributed by atoms with Crippen LogP contribution in [0.25, 0.3) is 11.1 Å². The standard InChI is InChI=1S/C19H17F3N2O3/c1-24-16-7-4-12(11-2-5-13(6-3-11)19(20,21)22)10-14(16)17(26)23-15(8-9-25)18(24)27/h2-7,10,15,25H,8-9H2,1H3,(H,23,26)/t15-/m0/s1. The maximum atomic E-state index is 12.7. The molecule has 3 rings (SSSR count). The number of halogens is 3. The van der Waals surface area contributed by atoms with Crippen molar-refractivity contribution in [1.82, 2.24) is 5.32 Å². The third-order valence-electron chi connectivity index (χ3n) is 4.50. The average Bonchev–Trinajstić information content (AvgIpc) is 2.72. The summed E-state index contributed by atoms with van der Waals surface area (Å²) in [5.41, 5.74) is 0.955. The molecule has 0 unspecified atom stereocenters. The number of amides is 2. The number of nitrogens with one attached hydrogen (secondary N) is 1.